The van der Waals surface area contributed by atoms with Crippen molar-refractivity contribution in [3.63, 3.8) is 0 Å². The third-order valence-corrected chi connectivity index (χ3v) is 5.12. The zero-order chi connectivity index (χ0) is 11.7. The topological polar surface area (TPSA) is 26.7 Å². The molecule has 0 aromatic carbocycles. The van der Waals surface area contributed by atoms with Gasteiger partial charge in [-0.05, 0) is 41.5 Å². The van der Waals surface area contributed by atoms with Crippen LogP contribution in [0.15, 0.2) is 15.9 Å². The van der Waals surface area contributed by atoms with Crippen LogP contribution in [0, 0.1) is 0 Å². The standard InChI is InChI=1S/C11H17BrN2OS/c1-13-4-5-14(2)9(7-13)10(15)11-8(12)3-6-16-11/h3,6,9-10,15H,4-5,7H2,1-2H3. The van der Waals surface area contributed by atoms with Crippen molar-refractivity contribution in [3.05, 3.63) is 20.8 Å². The van der Waals surface area contributed by atoms with Crippen molar-refractivity contribution >= 4 is 27.3 Å². The molecular weight excluding hydrogens is 288 g/mol. The van der Waals surface area contributed by atoms with Crippen LogP contribution in [0.3, 0.4) is 0 Å². The molecule has 5 heteroatoms. The smallest absolute Gasteiger partial charge is 0.106 e. The maximum Gasteiger partial charge on any atom is 0.106 e. The van der Waals surface area contributed by atoms with E-state index in [0.29, 0.717) is 0 Å². The maximum atomic E-state index is 10.4. The van der Waals surface area contributed by atoms with Crippen LogP contribution in [0.25, 0.3) is 0 Å². The zero-order valence-electron chi connectivity index (χ0n) is 9.56. The molecular formula is C11H17BrN2OS. The first kappa shape index (κ1) is 12.5. The van der Waals surface area contributed by atoms with E-state index < -0.39 is 6.10 Å². The second-order valence-corrected chi connectivity index (χ2v) is 6.19. The molecule has 1 saturated heterocycles. The molecule has 1 aliphatic rings. The monoisotopic (exact) mass is 304 g/mol. The lowest BCUT2D eigenvalue weighted by molar-refractivity contribution is 0.0153. The zero-order valence-corrected chi connectivity index (χ0v) is 12.0. The Labute approximate surface area is 109 Å². The van der Waals surface area contributed by atoms with Crippen LogP contribution in [0.5, 0.6) is 0 Å². The molecule has 0 spiro atoms. The second-order valence-electron chi connectivity index (χ2n) is 4.39. The highest BCUT2D eigenvalue weighted by atomic mass is 79.9. The number of nitrogens with zero attached hydrogens (tertiary/aromatic N) is 2. The van der Waals surface area contributed by atoms with Gasteiger partial charge in [-0.3, -0.25) is 4.90 Å². The van der Waals surface area contributed by atoms with Gasteiger partial charge in [0, 0.05) is 29.0 Å². The van der Waals surface area contributed by atoms with Gasteiger partial charge >= 0.3 is 0 Å². The molecule has 0 saturated carbocycles. The molecule has 2 atom stereocenters. The summed E-state index contributed by atoms with van der Waals surface area (Å²) in [4.78, 5) is 5.55. The van der Waals surface area contributed by atoms with Crippen molar-refractivity contribution in [1.29, 1.82) is 0 Å². The van der Waals surface area contributed by atoms with Gasteiger partial charge in [0.25, 0.3) is 0 Å². The normalized spacial score (nSPS) is 25.9. The first-order valence-electron chi connectivity index (χ1n) is 5.39. The summed E-state index contributed by atoms with van der Waals surface area (Å²) in [6, 6.07) is 2.18. The van der Waals surface area contributed by atoms with Crippen molar-refractivity contribution in [2.45, 2.75) is 12.1 Å². The third kappa shape index (κ3) is 2.49. The van der Waals surface area contributed by atoms with E-state index in [-0.39, 0.29) is 6.04 Å². The first-order valence-corrected chi connectivity index (χ1v) is 7.06. The molecule has 3 nitrogen and oxygen atoms in total. The van der Waals surface area contributed by atoms with Gasteiger partial charge in [0.2, 0.25) is 0 Å². The molecule has 1 aliphatic heterocycles. The highest BCUT2D eigenvalue weighted by Crippen LogP contribution is 2.33. The van der Waals surface area contributed by atoms with Gasteiger partial charge in [-0.25, -0.2) is 0 Å². The minimum atomic E-state index is -0.401. The molecule has 1 fully saturated rings. The summed E-state index contributed by atoms with van der Waals surface area (Å²) in [5.74, 6) is 0. The van der Waals surface area contributed by atoms with E-state index in [9.17, 15) is 5.11 Å². The van der Waals surface area contributed by atoms with E-state index in [0.717, 1.165) is 29.0 Å². The second kappa shape index (κ2) is 5.14. The minimum absolute atomic E-state index is 0.189. The SMILES string of the molecule is CN1CCN(C)C(C(O)c2sccc2Br)C1. The Hall–Kier alpha value is 0.0600. The van der Waals surface area contributed by atoms with Gasteiger partial charge in [-0.2, -0.15) is 0 Å². The minimum Gasteiger partial charge on any atom is -0.386 e. The molecule has 1 aromatic rings. The summed E-state index contributed by atoms with van der Waals surface area (Å²) in [5.41, 5.74) is 0. The molecule has 2 rings (SSSR count). The Balaban J connectivity index is 2.14. The van der Waals surface area contributed by atoms with Gasteiger partial charge in [-0.15, -0.1) is 11.3 Å². The predicted octanol–water partition coefficient (Wildman–Crippen LogP) is 1.79. The summed E-state index contributed by atoms with van der Waals surface area (Å²) in [5, 5.41) is 12.4. The predicted molar refractivity (Wildman–Crippen MR) is 70.9 cm³/mol. The van der Waals surface area contributed by atoms with Crippen LogP contribution >= 0.6 is 27.3 Å². The lowest BCUT2D eigenvalue weighted by atomic mass is 10.1. The van der Waals surface area contributed by atoms with Gasteiger partial charge in [-0.1, -0.05) is 0 Å². The molecule has 1 N–H and O–H groups in total. The van der Waals surface area contributed by atoms with E-state index in [1.807, 2.05) is 11.4 Å². The summed E-state index contributed by atoms with van der Waals surface area (Å²) in [7, 11) is 4.19. The fourth-order valence-corrected chi connectivity index (χ4v) is 3.73. The van der Waals surface area contributed by atoms with E-state index in [4.69, 9.17) is 0 Å². The van der Waals surface area contributed by atoms with E-state index in [2.05, 4.69) is 39.8 Å². The Bertz CT molecular complexity index is 358. The van der Waals surface area contributed by atoms with Crippen LogP contribution < -0.4 is 0 Å². The van der Waals surface area contributed by atoms with Crippen LogP contribution in [0.2, 0.25) is 0 Å². The molecule has 16 heavy (non-hydrogen) atoms. The number of halogens is 1. The molecule has 0 radical (unpaired) electrons. The van der Waals surface area contributed by atoms with Gasteiger partial charge in [0.15, 0.2) is 0 Å². The third-order valence-electron chi connectivity index (χ3n) is 3.18. The highest BCUT2D eigenvalue weighted by Gasteiger charge is 2.31. The van der Waals surface area contributed by atoms with E-state index in [1.165, 1.54) is 0 Å². The summed E-state index contributed by atoms with van der Waals surface area (Å²) >= 11 is 5.10. The number of hydrogen-bond donors (Lipinski definition) is 1. The van der Waals surface area contributed by atoms with Crippen LogP contribution in [-0.4, -0.2) is 54.7 Å². The van der Waals surface area contributed by atoms with E-state index >= 15 is 0 Å². The van der Waals surface area contributed by atoms with Crippen LogP contribution in [-0.2, 0) is 0 Å². The fraction of sp³-hybridized carbons (Fsp3) is 0.636. The summed E-state index contributed by atoms with van der Waals surface area (Å²) < 4.78 is 1.02. The average Bonchev–Trinajstić information content (AvgIpc) is 2.67. The summed E-state index contributed by atoms with van der Waals surface area (Å²) in [6.07, 6.45) is -0.401. The van der Waals surface area contributed by atoms with Gasteiger partial charge in [0.05, 0.1) is 6.04 Å². The van der Waals surface area contributed by atoms with Gasteiger partial charge in [0.1, 0.15) is 6.10 Å². The Kier molecular flexibility index (Phi) is 4.02. The molecule has 1 aromatic heterocycles. The van der Waals surface area contributed by atoms with Crippen molar-refractivity contribution in [2.75, 3.05) is 33.7 Å². The maximum absolute atomic E-state index is 10.4. The van der Waals surface area contributed by atoms with Crippen molar-refractivity contribution in [2.24, 2.45) is 0 Å². The number of hydrogen-bond acceptors (Lipinski definition) is 4. The number of piperazine rings is 1. The largest absolute Gasteiger partial charge is 0.386 e. The summed E-state index contributed by atoms with van der Waals surface area (Å²) in [6.45, 7) is 3.01. The molecule has 0 aliphatic carbocycles. The first-order chi connectivity index (χ1) is 7.59. The fourth-order valence-electron chi connectivity index (χ4n) is 2.08. The lowest BCUT2D eigenvalue weighted by Gasteiger charge is -2.39. The highest BCUT2D eigenvalue weighted by molar-refractivity contribution is 9.10. The number of aliphatic hydroxyl groups excluding tert-OH is 1. The molecule has 2 unspecified atom stereocenters. The quantitative estimate of drug-likeness (QED) is 0.902. The van der Waals surface area contributed by atoms with Gasteiger partial charge < -0.3 is 10.0 Å². The Morgan fingerprint density at radius 1 is 1.50 bits per heavy atom. The molecule has 2 heterocycles. The number of rotatable bonds is 2. The number of thiophene rings is 1. The number of aliphatic hydroxyl groups is 1. The van der Waals surface area contributed by atoms with E-state index in [1.54, 1.807) is 11.3 Å². The Morgan fingerprint density at radius 2 is 2.25 bits per heavy atom. The molecule has 0 amide bonds. The molecule has 0 bridgehead atoms. The lowest BCUT2D eigenvalue weighted by Crippen LogP contribution is -2.52. The number of likely N-dealkylation sites (N-methyl/N-ethyl adjacent to an activating group) is 2. The van der Waals surface area contributed by atoms with Crippen molar-refractivity contribution in [3.8, 4) is 0 Å². The molecule has 90 valence electrons. The van der Waals surface area contributed by atoms with Crippen LogP contribution in [0.4, 0.5) is 0 Å². The Morgan fingerprint density at radius 3 is 2.88 bits per heavy atom. The van der Waals surface area contributed by atoms with Crippen molar-refractivity contribution < 1.29 is 5.11 Å². The average molecular weight is 305 g/mol. The van der Waals surface area contributed by atoms with Crippen LogP contribution in [0.1, 0.15) is 11.0 Å². The van der Waals surface area contributed by atoms with Crippen molar-refractivity contribution in [1.82, 2.24) is 9.80 Å².